The van der Waals surface area contributed by atoms with Gasteiger partial charge in [-0.3, -0.25) is 4.21 Å². The second-order valence-corrected chi connectivity index (χ2v) is 12.2. The third kappa shape index (κ3) is 6.75. The van der Waals surface area contributed by atoms with Crippen LogP contribution in [-0.2, 0) is 10.8 Å². The van der Waals surface area contributed by atoms with Crippen LogP contribution >= 0.6 is 0 Å². The molecule has 0 aliphatic rings. The Morgan fingerprint density at radius 3 is 2.00 bits per heavy atom. The molecule has 0 heterocycles. The molecule has 0 rings (SSSR count). The lowest BCUT2D eigenvalue weighted by Gasteiger charge is -2.15. The Labute approximate surface area is 74.0 Å². The molecular weight excluding hydrogens is 172 g/mol. The van der Waals surface area contributed by atoms with E-state index in [1.165, 1.54) is 6.04 Å². The second kappa shape index (κ2) is 4.41. The summed E-state index contributed by atoms with van der Waals surface area (Å²) in [5, 5.41) is 0.339. The molecule has 1 atom stereocenters. The highest BCUT2D eigenvalue weighted by Gasteiger charge is 2.15. The first-order valence-electron chi connectivity index (χ1n) is 4.20. The molecule has 0 aromatic carbocycles. The molecule has 0 aliphatic carbocycles. The monoisotopic (exact) mass is 192 g/mol. The number of hydrogen-bond donors (Lipinski definition) is 0. The molecular formula is C8H20OSSi. The number of hydrogen-bond acceptors (Lipinski definition) is 1. The van der Waals surface area contributed by atoms with Crippen molar-refractivity contribution < 1.29 is 4.21 Å². The highest BCUT2D eigenvalue weighted by molar-refractivity contribution is 7.85. The molecule has 0 aromatic rings. The third-order valence-electron chi connectivity index (χ3n) is 1.58. The van der Waals surface area contributed by atoms with Gasteiger partial charge >= 0.3 is 0 Å². The van der Waals surface area contributed by atoms with Gasteiger partial charge in [0.15, 0.2) is 0 Å². The Bertz CT molecular complexity index is 138. The van der Waals surface area contributed by atoms with Gasteiger partial charge in [-0.25, -0.2) is 0 Å². The fourth-order valence-corrected chi connectivity index (χ4v) is 4.37. The molecule has 0 bridgehead atoms. The minimum absolute atomic E-state index is 0.339. The van der Waals surface area contributed by atoms with Gasteiger partial charge in [0.2, 0.25) is 0 Å². The summed E-state index contributed by atoms with van der Waals surface area (Å²) in [7, 11) is -1.54. The topological polar surface area (TPSA) is 17.1 Å². The largest absolute Gasteiger partial charge is 0.259 e. The summed E-state index contributed by atoms with van der Waals surface area (Å²) >= 11 is 0. The Morgan fingerprint density at radius 1 is 1.27 bits per heavy atom. The maximum Gasteiger partial charge on any atom is 0.0451 e. The van der Waals surface area contributed by atoms with E-state index < -0.39 is 18.9 Å². The van der Waals surface area contributed by atoms with Crippen molar-refractivity contribution in [1.82, 2.24) is 0 Å². The van der Waals surface area contributed by atoms with Crippen LogP contribution in [0.4, 0.5) is 0 Å². The maximum atomic E-state index is 11.3. The smallest absolute Gasteiger partial charge is 0.0451 e. The van der Waals surface area contributed by atoms with Gasteiger partial charge in [0.1, 0.15) is 0 Å². The van der Waals surface area contributed by atoms with Crippen molar-refractivity contribution in [1.29, 1.82) is 0 Å². The van der Waals surface area contributed by atoms with Crippen molar-refractivity contribution in [2.75, 3.05) is 5.75 Å². The van der Waals surface area contributed by atoms with Crippen LogP contribution < -0.4 is 0 Å². The van der Waals surface area contributed by atoms with E-state index in [2.05, 4.69) is 19.6 Å². The molecule has 0 fully saturated rings. The van der Waals surface area contributed by atoms with E-state index in [0.717, 1.165) is 5.75 Å². The van der Waals surface area contributed by atoms with Crippen LogP contribution in [-0.4, -0.2) is 23.3 Å². The van der Waals surface area contributed by atoms with Gasteiger partial charge in [-0.1, -0.05) is 33.5 Å². The first-order chi connectivity index (χ1) is 4.83. The zero-order chi connectivity index (χ0) is 9.07. The van der Waals surface area contributed by atoms with Gasteiger partial charge < -0.3 is 0 Å². The summed E-state index contributed by atoms with van der Waals surface area (Å²) in [5.74, 6) is 0.910. The predicted octanol–water partition coefficient (Wildman–Crippen LogP) is 2.48. The quantitative estimate of drug-likeness (QED) is 0.626. The summed E-state index contributed by atoms with van der Waals surface area (Å²) < 4.78 is 11.3. The highest BCUT2D eigenvalue weighted by atomic mass is 32.2. The van der Waals surface area contributed by atoms with Crippen molar-refractivity contribution in [2.24, 2.45) is 0 Å². The first kappa shape index (κ1) is 11.4. The van der Waals surface area contributed by atoms with Crippen LogP contribution in [0.5, 0.6) is 0 Å². The van der Waals surface area contributed by atoms with Crippen LogP contribution in [0.15, 0.2) is 0 Å². The van der Waals surface area contributed by atoms with Crippen molar-refractivity contribution in [3.8, 4) is 0 Å². The lowest BCUT2D eigenvalue weighted by molar-refractivity contribution is 0.677. The molecule has 0 amide bonds. The molecule has 1 nitrogen and oxygen atoms in total. The maximum absolute atomic E-state index is 11.3. The molecule has 68 valence electrons. The molecule has 0 saturated carbocycles. The van der Waals surface area contributed by atoms with E-state index in [1.54, 1.807) is 0 Å². The second-order valence-electron chi connectivity index (χ2n) is 4.44. The van der Waals surface area contributed by atoms with Gasteiger partial charge in [-0.15, -0.1) is 0 Å². The Kier molecular flexibility index (Phi) is 4.55. The first-order valence-corrected chi connectivity index (χ1v) is 9.29. The summed E-state index contributed by atoms with van der Waals surface area (Å²) in [6.07, 6.45) is 0. The Morgan fingerprint density at radius 2 is 1.73 bits per heavy atom. The van der Waals surface area contributed by atoms with Crippen LogP contribution in [0.25, 0.3) is 0 Å². The molecule has 3 heteroatoms. The predicted molar refractivity (Wildman–Crippen MR) is 56.3 cm³/mol. The van der Waals surface area contributed by atoms with Crippen LogP contribution in [0.3, 0.4) is 0 Å². The summed E-state index contributed by atoms with van der Waals surface area (Å²) in [4.78, 5) is 0. The molecule has 11 heavy (non-hydrogen) atoms. The van der Waals surface area contributed by atoms with Gasteiger partial charge in [0.05, 0.1) is 0 Å². The normalized spacial score (nSPS) is 15.5. The molecule has 0 N–H and O–H groups in total. The van der Waals surface area contributed by atoms with Crippen LogP contribution in [0.1, 0.15) is 13.8 Å². The van der Waals surface area contributed by atoms with E-state index in [9.17, 15) is 4.21 Å². The van der Waals surface area contributed by atoms with E-state index in [1.807, 2.05) is 13.8 Å². The fourth-order valence-electron chi connectivity index (χ4n) is 0.642. The van der Waals surface area contributed by atoms with Crippen molar-refractivity contribution in [3.63, 3.8) is 0 Å². The highest BCUT2D eigenvalue weighted by Crippen LogP contribution is 2.10. The number of rotatable bonds is 4. The minimum Gasteiger partial charge on any atom is -0.259 e. The van der Waals surface area contributed by atoms with Crippen molar-refractivity contribution in [3.05, 3.63) is 0 Å². The summed E-state index contributed by atoms with van der Waals surface area (Å²) in [5.41, 5.74) is 0. The zero-order valence-electron chi connectivity index (χ0n) is 8.31. The molecule has 1 unspecified atom stereocenters. The Hall–Kier alpha value is 0.367. The molecule has 0 saturated heterocycles. The molecule has 0 aromatic heterocycles. The van der Waals surface area contributed by atoms with Crippen molar-refractivity contribution >= 4 is 18.9 Å². The molecule has 0 spiro atoms. The standard InChI is InChI=1S/C8H20OSSi/c1-8(2)10(9)6-7-11(3,4)5/h8H,6-7H2,1-5H3. The van der Waals surface area contributed by atoms with Gasteiger partial charge in [0, 0.05) is 29.9 Å². The lowest BCUT2D eigenvalue weighted by Crippen LogP contribution is -2.24. The van der Waals surface area contributed by atoms with Gasteiger partial charge in [-0.2, -0.15) is 0 Å². The SMILES string of the molecule is CC(C)S(=O)CC[Si](C)(C)C. The van der Waals surface area contributed by atoms with Gasteiger partial charge in [0.25, 0.3) is 0 Å². The summed E-state index contributed by atoms with van der Waals surface area (Å²) in [6, 6.07) is 1.19. The van der Waals surface area contributed by atoms with E-state index in [4.69, 9.17) is 0 Å². The van der Waals surface area contributed by atoms with Gasteiger partial charge in [-0.05, 0) is 6.04 Å². The molecule has 0 radical (unpaired) electrons. The lowest BCUT2D eigenvalue weighted by atomic mass is 10.6. The average Bonchev–Trinajstić information content (AvgIpc) is 1.80. The van der Waals surface area contributed by atoms with Crippen LogP contribution in [0.2, 0.25) is 25.7 Å². The van der Waals surface area contributed by atoms with Crippen LogP contribution in [0, 0.1) is 0 Å². The summed E-state index contributed by atoms with van der Waals surface area (Å²) in [6.45, 7) is 11.0. The molecule has 0 aliphatic heterocycles. The Balaban J connectivity index is 3.64. The van der Waals surface area contributed by atoms with Crippen molar-refractivity contribution in [2.45, 2.75) is 44.8 Å². The van der Waals surface area contributed by atoms with E-state index >= 15 is 0 Å². The average molecular weight is 192 g/mol. The van der Waals surface area contributed by atoms with E-state index in [0.29, 0.717) is 5.25 Å². The zero-order valence-corrected chi connectivity index (χ0v) is 10.1. The van der Waals surface area contributed by atoms with E-state index in [-0.39, 0.29) is 0 Å². The minimum atomic E-state index is -0.959. The third-order valence-corrected chi connectivity index (χ3v) is 5.35. The fraction of sp³-hybridized carbons (Fsp3) is 1.00.